The number of carbonyl (C=O) groups excluding carboxylic acids is 1. The van der Waals surface area contributed by atoms with Crippen LogP contribution in [0.3, 0.4) is 0 Å². The molecule has 0 aliphatic heterocycles. The van der Waals surface area contributed by atoms with Gasteiger partial charge in [0.1, 0.15) is 5.56 Å². The molecule has 0 bridgehead atoms. The molecule has 0 aliphatic carbocycles. The number of nitriles is 1. The Morgan fingerprint density at radius 3 is 2.71 bits per heavy atom. The molecule has 0 fully saturated rings. The van der Waals surface area contributed by atoms with E-state index in [-0.39, 0.29) is 35.8 Å². The molecule has 112 valence electrons. The van der Waals surface area contributed by atoms with Gasteiger partial charge >= 0.3 is 0 Å². The highest BCUT2D eigenvalue weighted by atomic mass is 16.6. The highest BCUT2D eigenvalue weighted by molar-refractivity contribution is 5.99. The molecule has 1 amide bonds. The number of amides is 1. The first-order valence-electron chi connectivity index (χ1n) is 6.57. The molecule has 1 rings (SSSR count). The molecule has 0 aliphatic rings. The van der Waals surface area contributed by atoms with Gasteiger partial charge in [-0.25, -0.2) is 0 Å². The summed E-state index contributed by atoms with van der Waals surface area (Å²) in [5.74, 6) is -0.286. The standard InChI is InChI=1S/C14H18N4O3/c1-10(2)9-17(7-3-6-15)14(19)12-8-11(16)4-5-13(12)18(20)21/h4-5,8,10H,3,7,9,16H2,1-2H3. The van der Waals surface area contributed by atoms with Crippen LogP contribution in [0, 0.1) is 27.4 Å². The molecule has 2 N–H and O–H groups in total. The van der Waals surface area contributed by atoms with Gasteiger partial charge in [0.05, 0.1) is 17.4 Å². The van der Waals surface area contributed by atoms with Gasteiger partial charge in [-0.2, -0.15) is 5.26 Å². The minimum absolute atomic E-state index is 0.0430. The van der Waals surface area contributed by atoms with Crippen LogP contribution >= 0.6 is 0 Å². The zero-order valence-electron chi connectivity index (χ0n) is 12.1. The second kappa shape index (κ2) is 7.24. The Morgan fingerprint density at radius 1 is 1.52 bits per heavy atom. The van der Waals surface area contributed by atoms with Crippen molar-refractivity contribution in [2.45, 2.75) is 20.3 Å². The Kier molecular flexibility index (Phi) is 5.67. The summed E-state index contributed by atoms with van der Waals surface area (Å²) in [6, 6.07) is 5.89. The van der Waals surface area contributed by atoms with Gasteiger partial charge in [-0.3, -0.25) is 14.9 Å². The van der Waals surface area contributed by atoms with Gasteiger partial charge in [-0.05, 0) is 18.1 Å². The first-order valence-corrected chi connectivity index (χ1v) is 6.57. The quantitative estimate of drug-likeness (QED) is 0.490. The zero-order valence-corrected chi connectivity index (χ0v) is 12.1. The Morgan fingerprint density at radius 2 is 2.19 bits per heavy atom. The van der Waals surface area contributed by atoms with E-state index in [1.165, 1.54) is 23.1 Å². The van der Waals surface area contributed by atoms with Crippen molar-refractivity contribution < 1.29 is 9.72 Å². The van der Waals surface area contributed by atoms with Crippen molar-refractivity contribution in [2.75, 3.05) is 18.8 Å². The molecule has 0 unspecified atom stereocenters. The molecule has 0 atom stereocenters. The predicted octanol–water partition coefficient (Wildman–Crippen LogP) is 2.19. The fourth-order valence-corrected chi connectivity index (χ4v) is 1.96. The molecule has 0 aromatic heterocycles. The smallest absolute Gasteiger partial charge is 0.282 e. The van der Waals surface area contributed by atoms with Gasteiger partial charge < -0.3 is 10.6 Å². The molecule has 0 heterocycles. The fourth-order valence-electron chi connectivity index (χ4n) is 1.96. The van der Waals surface area contributed by atoms with Crippen LogP contribution in [-0.2, 0) is 0 Å². The minimum atomic E-state index is -0.607. The van der Waals surface area contributed by atoms with Crippen LogP contribution in [0.4, 0.5) is 11.4 Å². The highest BCUT2D eigenvalue weighted by Gasteiger charge is 2.25. The van der Waals surface area contributed by atoms with Crippen LogP contribution in [-0.4, -0.2) is 28.8 Å². The number of anilines is 1. The van der Waals surface area contributed by atoms with Crippen molar-refractivity contribution in [2.24, 2.45) is 5.92 Å². The number of nitro groups is 1. The van der Waals surface area contributed by atoms with E-state index < -0.39 is 10.8 Å². The minimum Gasteiger partial charge on any atom is -0.399 e. The van der Waals surface area contributed by atoms with E-state index in [1.54, 1.807) is 0 Å². The van der Waals surface area contributed by atoms with Gasteiger partial charge in [0.2, 0.25) is 0 Å². The number of benzene rings is 1. The van der Waals surface area contributed by atoms with Gasteiger partial charge in [-0.15, -0.1) is 0 Å². The monoisotopic (exact) mass is 290 g/mol. The fraction of sp³-hybridized carbons (Fsp3) is 0.429. The zero-order chi connectivity index (χ0) is 16.0. The largest absolute Gasteiger partial charge is 0.399 e. The summed E-state index contributed by atoms with van der Waals surface area (Å²) in [6.45, 7) is 4.52. The van der Waals surface area contributed by atoms with E-state index in [0.29, 0.717) is 6.54 Å². The SMILES string of the molecule is CC(C)CN(CCC#N)C(=O)c1cc(N)ccc1[N+](=O)[O-]. The second-order valence-electron chi connectivity index (χ2n) is 5.09. The number of nitro benzene ring substituents is 1. The third-order valence-corrected chi connectivity index (χ3v) is 2.81. The normalized spacial score (nSPS) is 10.2. The molecule has 0 spiro atoms. The molecule has 0 radical (unpaired) electrons. The molecule has 0 saturated carbocycles. The average Bonchev–Trinajstić information content (AvgIpc) is 2.41. The van der Waals surface area contributed by atoms with Crippen LogP contribution in [0.5, 0.6) is 0 Å². The summed E-state index contributed by atoms with van der Waals surface area (Å²) in [4.78, 5) is 24.4. The van der Waals surface area contributed by atoms with Gasteiger partial charge in [0.15, 0.2) is 0 Å². The van der Waals surface area contributed by atoms with E-state index in [2.05, 4.69) is 0 Å². The molecule has 1 aromatic rings. The van der Waals surface area contributed by atoms with Crippen LogP contribution in [0.15, 0.2) is 18.2 Å². The lowest BCUT2D eigenvalue weighted by Gasteiger charge is -2.23. The number of nitrogens with two attached hydrogens (primary N) is 1. The summed E-state index contributed by atoms with van der Waals surface area (Å²) in [5.41, 5.74) is 5.59. The predicted molar refractivity (Wildman–Crippen MR) is 78.5 cm³/mol. The van der Waals surface area contributed by atoms with E-state index in [4.69, 9.17) is 11.0 Å². The molecular weight excluding hydrogens is 272 g/mol. The maximum absolute atomic E-state index is 12.5. The van der Waals surface area contributed by atoms with Gasteiger partial charge in [-0.1, -0.05) is 13.8 Å². The summed E-state index contributed by atoms with van der Waals surface area (Å²) in [5, 5.41) is 19.7. The van der Waals surface area contributed by atoms with Crippen LogP contribution < -0.4 is 5.73 Å². The second-order valence-corrected chi connectivity index (χ2v) is 5.09. The highest BCUT2D eigenvalue weighted by Crippen LogP contribution is 2.23. The molecule has 7 nitrogen and oxygen atoms in total. The van der Waals surface area contributed by atoms with Crippen molar-refractivity contribution in [1.29, 1.82) is 5.26 Å². The lowest BCUT2D eigenvalue weighted by Crippen LogP contribution is -2.35. The third-order valence-electron chi connectivity index (χ3n) is 2.81. The molecule has 0 saturated heterocycles. The van der Waals surface area contributed by atoms with E-state index in [0.717, 1.165) is 0 Å². The van der Waals surface area contributed by atoms with E-state index in [1.807, 2.05) is 19.9 Å². The number of carbonyl (C=O) groups is 1. The lowest BCUT2D eigenvalue weighted by atomic mass is 10.1. The van der Waals surface area contributed by atoms with Crippen LogP contribution in [0.2, 0.25) is 0 Å². The number of nitrogens with zero attached hydrogens (tertiary/aromatic N) is 3. The summed E-state index contributed by atoms with van der Waals surface area (Å²) in [7, 11) is 0. The summed E-state index contributed by atoms with van der Waals surface area (Å²) < 4.78 is 0. The van der Waals surface area contributed by atoms with E-state index >= 15 is 0 Å². The van der Waals surface area contributed by atoms with Crippen molar-refractivity contribution in [1.82, 2.24) is 4.90 Å². The average molecular weight is 290 g/mol. The molecular formula is C14H18N4O3. The van der Waals surface area contributed by atoms with E-state index in [9.17, 15) is 14.9 Å². The summed E-state index contributed by atoms with van der Waals surface area (Å²) in [6.07, 6.45) is 0.175. The Bertz CT molecular complexity index is 578. The number of hydrogen-bond donors (Lipinski definition) is 1. The molecule has 1 aromatic carbocycles. The maximum Gasteiger partial charge on any atom is 0.282 e. The third kappa shape index (κ3) is 4.45. The van der Waals surface area contributed by atoms with Gasteiger partial charge in [0, 0.05) is 24.8 Å². The first kappa shape index (κ1) is 16.4. The molecule has 7 heteroatoms. The van der Waals surface area contributed by atoms with Crippen molar-refractivity contribution in [3.05, 3.63) is 33.9 Å². The number of rotatable bonds is 6. The van der Waals surface area contributed by atoms with Crippen molar-refractivity contribution in [3.8, 4) is 6.07 Å². The molecule has 21 heavy (non-hydrogen) atoms. The Labute approximate surface area is 123 Å². The Balaban J connectivity index is 3.16. The van der Waals surface area contributed by atoms with Crippen molar-refractivity contribution >= 4 is 17.3 Å². The maximum atomic E-state index is 12.5. The first-order chi connectivity index (χ1) is 9.86. The number of nitrogen functional groups attached to an aromatic ring is 1. The Hall–Kier alpha value is -2.62. The van der Waals surface area contributed by atoms with Crippen LogP contribution in [0.25, 0.3) is 0 Å². The summed E-state index contributed by atoms with van der Waals surface area (Å²) >= 11 is 0. The van der Waals surface area contributed by atoms with Gasteiger partial charge in [0.25, 0.3) is 11.6 Å². The lowest BCUT2D eigenvalue weighted by molar-refractivity contribution is -0.385. The van der Waals surface area contributed by atoms with Crippen molar-refractivity contribution in [3.63, 3.8) is 0 Å². The van der Waals surface area contributed by atoms with Crippen LogP contribution in [0.1, 0.15) is 30.6 Å². The topological polar surface area (TPSA) is 113 Å². The number of hydrogen-bond acceptors (Lipinski definition) is 5.